The highest BCUT2D eigenvalue weighted by Gasteiger charge is 2.30. The summed E-state index contributed by atoms with van der Waals surface area (Å²) in [5.74, 6) is -7.03. The van der Waals surface area contributed by atoms with Crippen LogP contribution >= 0.6 is 0 Å². The second-order valence-electron chi connectivity index (χ2n) is 9.85. The Morgan fingerprint density at radius 1 is 1.02 bits per heavy atom. The number of nitrogens with zero attached hydrogens (tertiary/aromatic N) is 2. The predicted molar refractivity (Wildman–Crippen MR) is 153 cm³/mol. The lowest BCUT2D eigenvalue weighted by Crippen LogP contribution is -2.47. The number of carboxylic acid groups (broad SMARTS) is 2. The Balaban J connectivity index is 2.09. The first-order valence-electron chi connectivity index (χ1n) is 13.9. The van der Waals surface area contributed by atoms with Gasteiger partial charge in [-0.05, 0) is 37.1 Å². The van der Waals surface area contributed by atoms with Crippen molar-refractivity contribution in [2.45, 2.75) is 64.5 Å². The Labute approximate surface area is 252 Å². The van der Waals surface area contributed by atoms with E-state index in [9.17, 15) is 38.4 Å². The molecule has 0 spiro atoms. The zero-order valence-electron chi connectivity index (χ0n) is 24.3. The molecule has 4 amide bonds. The number of nitrogens with one attached hydrogen (secondary N) is 3. The summed E-state index contributed by atoms with van der Waals surface area (Å²) in [6, 6.07) is 5.22. The molecule has 0 aliphatic carbocycles. The first-order chi connectivity index (χ1) is 20.9. The Kier molecular flexibility index (Phi) is 13.8. The third-order valence-electron chi connectivity index (χ3n) is 6.77. The molecule has 3 atom stereocenters. The zero-order chi connectivity index (χ0) is 32.8. The highest BCUT2D eigenvalue weighted by molar-refractivity contribution is 5.98. The van der Waals surface area contributed by atoms with Gasteiger partial charge in [0.1, 0.15) is 17.6 Å². The molecular weight excluding hydrogens is 581 g/mol. The highest BCUT2D eigenvalue weighted by Crippen LogP contribution is 2.22. The van der Waals surface area contributed by atoms with Gasteiger partial charge >= 0.3 is 11.9 Å². The monoisotopic (exact) mass is 617 g/mol. The third-order valence-corrected chi connectivity index (χ3v) is 6.77. The van der Waals surface area contributed by atoms with E-state index in [1.165, 1.54) is 24.3 Å². The summed E-state index contributed by atoms with van der Waals surface area (Å²) < 4.78 is 14.8. The first-order valence-corrected chi connectivity index (χ1v) is 13.9. The molecule has 0 aliphatic heterocycles. The molecule has 3 unspecified atom stereocenters. The Hall–Kier alpha value is -4.92. The summed E-state index contributed by atoms with van der Waals surface area (Å²) in [6.45, 7) is 3.47. The normalized spacial score (nSPS) is 12.7. The summed E-state index contributed by atoms with van der Waals surface area (Å²) in [5.41, 5.74) is -0.233. The van der Waals surface area contributed by atoms with Crippen LogP contribution < -0.4 is 16.0 Å². The van der Waals surface area contributed by atoms with Gasteiger partial charge in [0.2, 0.25) is 12.3 Å². The average Bonchev–Trinajstić information content (AvgIpc) is 2.99. The number of carbonyl (C=O) groups is 6. The van der Waals surface area contributed by atoms with Crippen LogP contribution in [-0.4, -0.2) is 80.3 Å². The van der Waals surface area contributed by atoms with E-state index >= 15 is 0 Å². The predicted octanol–water partition coefficient (Wildman–Crippen LogP) is 2.17. The topological polar surface area (TPSA) is 215 Å². The molecule has 0 saturated carbocycles. The smallest absolute Gasteiger partial charge is 0.326 e. The summed E-state index contributed by atoms with van der Waals surface area (Å²) in [5, 5.41) is 35.4. The van der Waals surface area contributed by atoms with Gasteiger partial charge in [0.15, 0.2) is 0 Å². The van der Waals surface area contributed by atoms with Crippen LogP contribution in [0.4, 0.5) is 4.39 Å². The SMILES string of the molecule is CCCCCC(C(=O)NCNC(=O)c1cccc(-c2ccc(C(=O)NC(CC(=O)O)C(=O)O)c(F)c2)n1)C(CC)N(O)C=O. The van der Waals surface area contributed by atoms with Crippen LogP contribution in [0.15, 0.2) is 36.4 Å². The first kappa shape index (κ1) is 35.3. The molecule has 0 radical (unpaired) electrons. The quantitative estimate of drug-likeness (QED) is 0.0471. The van der Waals surface area contributed by atoms with Gasteiger partial charge in [-0.2, -0.15) is 0 Å². The molecule has 14 nitrogen and oxygen atoms in total. The summed E-state index contributed by atoms with van der Waals surface area (Å²) >= 11 is 0. The second-order valence-corrected chi connectivity index (χ2v) is 9.85. The van der Waals surface area contributed by atoms with Gasteiger partial charge in [0, 0.05) is 5.56 Å². The van der Waals surface area contributed by atoms with Crippen LogP contribution in [0, 0.1) is 11.7 Å². The fraction of sp³-hybridized carbons (Fsp3) is 0.414. The van der Waals surface area contributed by atoms with Crippen molar-refractivity contribution in [1.29, 1.82) is 0 Å². The molecule has 0 aliphatic rings. The van der Waals surface area contributed by atoms with Crippen LogP contribution in [-0.2, 0) is 19.2 Å². The van der Waals surface area contributed by atoms with Gasteiger partial charge in [0.05, 0.1) is 36.3 Å². The number of rotatable bonds is 18. The van der Waals surface area contributed by atoms with Crippen LogP contribution in [0.1, 0.15) is 73.2 Å². The Morgan fingerprint density at radius 2 is 1.75 bits per heavy atom. The lowest BCUT2D eigenvalue weighted by Gasteiger charge is -2.29. The Bertz CT molecular complexity index is 1360. The minimum atomic E-state index is -1.76. The third kappa shape index (κ3) is 10.1. The van der Waals surface area contributed by atoms with Crippen molar-refractivity contribution in [2.24, 2.45) is 5.92 Å². The maximum Gasteiger partial charge on any atom is 0.326 e. The molecule has 0 bridgehead atoms. The van der Waals surface area contributed by atoms with Crippen LogP contribution in [0.2, 0.25) is 0 Å². The minimum absolute atomic E-state index is 0.0645. The van der Waals surface area contributed by atoms with E-state index in [0.717, 1.165) is 25.0 Å². The van der Waals surface area contributed by atoms with E-state index in [1.54, 1.807) is 6.92 Å². The number of unbranched alkanes of at least 4 members (excludes halogenated alkanes) is 2. The lowest BCUT2D eigenvalue weighted by molar-refractivity contribution is -0.168. The molecule has 2 aromatic rings. The van der Waals surface area contributed by atoms with E-state index in [2.05, 4.69) is 15.6 Å². The molecule has 1 aromatic carbocycles. The van der Waals surface area contributed by atoms with Crippen LogP contribution in [0.25, 0.3) is 11.3 Å². The Morgan fingerprint density at radius 3 is 2.34 bits per heavy atom. The lowest BCUT2D eigenvalue weighted by atomic mass is 9.90. The number of hydrogen-bond donors (Lipinski definition) is 6. The second kappa shape index (κ2) is 17.3. The van der Waals surface area contributed by atoms with E-state index in [-0.39, 0.29) is 30.0 Å². The largest absolute Gasteiger partial charge is 0.481 e. The van der Waals surface area contributed by atoms with Gasteiger partial charge < -0.3 is 26.2 Å². The maximum atomic E-state index is 14.8. The molecule has 15 heteroatoms. The van der Waals surface area contributed by atoms with Crippen LogP contribution in [0.5, 0.6) is 0 Å². The number of hydroxylamine groups is 2. The number of hydrogen-bond acceptors (Lipinski definition) is 8. The highest BCUT2D eigenvalue weighted by atomic mass is 19.1. The molecule has 6 N–H and O–H groups in total. The van der Waals surface area contributed by atoms with Gasteiger partial charge in [-0.25, -0.2) is 19.2 Å². The van der Waals surface area contributed by atoms with Crippen molar-refractivity contribution in [3.63, 3.8) is 0 Å². The molecular formula is C29H36FN5O9. The molecule has 1 heterocycles. The van der Waals surface area contributed by atoms with Crippen molar-refractivity contribution < 1.29 is 48.6 Å². The fourth-order valence-electron chi connectivity index (χ4n) is 4.47. The van der Waals surface area contributed by atoms with Crippen molar-refractivity contribution in [1.82, 2.24) is 26.0 Å². The maximum absolute atomic E-state index is 14.8. The number of carboxylic acids is 2. The van der Waals surface area contributed by atoms with E-state index in [1.807, 2.05) is 12.2 Å². The fourth-order valence-corrected chi connectivity index (χ4v) is 4.47. The van der Waals surface area contributed by atoms with Gasteiger partial charge in [0.25, 0.3) is 11.8 Å². The average molecular weight is 618 g/mol. The summed E-state index contributed by atoms with van der Waals surface area (Å²) in [7, 11) is 0. The van der Waals surface area contributed by atoms with Gasteiger partial charge in [-0.1, -0.05) is 45.2 Å². The van der Waals surface area contributed by atoms with Crippen molar-refractivity contribution in [3.8, 4) is 11.3 Å². The van der Waals surface area contributed by atoms with E-state index < -0.39 is 65.5 Å². The summed E-state index contributed by atoms with van der Waals surface area (Å²) in [4.78, 5) is 75.4. The van der Waals surface area contributed by atoms with Crippen molar-refractivity contribution >= 4 is 36.1 Å². The number of carbonyl (C=O) groups excluding carboxylic acids is 4. The van der Waals surface area contributed by atoms with Gasteiger partial charge in [-0.3, -0.25) is 29.2 Å². The van der Waals surface area contributed by atoms with Crippen molar-refractivity contribution in [2.75, 3.05) is 6.67 Å². The minimum Gasteiger partial charge on any atom is -0.481 e. The molecule has 0 saturated heterocycles. The van der Waals surface area contributed by atoms with Gasteiger partial charge in [-0.15, -0.1) is 0 Å². The van der Waals surface area contributed by atoms with E-state index in [0.29, 0.717) is 24.3 Å². The standard InChI is InChI=1S/C29H36FN5O9/c1-3-5-6-8-19(24(4-2)35(44)16-36)26(39)31-15-32-28(41)22-10-7-9-21(33-22)17-11-12-18(20(30)13-17)27(40)34-23(29(42)43)14-25(37)38/h7,9-13,16,19,23-24,44H,3-6,8,14-15H2,1-2H3,(H,31,39)(H,32,41)(H,34,40)(H,37,38)(H,42,43). The number of aliphatic carboxylic acids is 2. The molecule has 1 aromatic heterocycles. The molecule has 44 heavy (non-hydrogen) atoms. The number of amides is 4. The number of aromatic nitrogens is 1. The summed E-state index contributed by atoms with van der Waals surface area (Å²) in [6.07, 6.45) is 2.60. The molecule has 238 valence electrons. The van der Waals surface area contributed by atoms with Crippen LogP contribution in [0.3, 0.4) is 0 Å². The van der Waals surface area contributed by atoms with E-state index in [4.69, 9.17) is 10.2 Å². The van der Waals surface area contributed by atoms with Crippen molar-refractivity contribution in [3.05, 3.63) is 53.5 Å². The molecule has 2 rings (SSSR count). The number of halogens is 1. The number of benzene rings is 1. The number of pyridine rings is 1. The zero-order valence-corrected chi connectivity index (χ0v) is 24.3. The molecule has 0 fully saturated rings.